The van der Waals surface area contributed by atoms with Crippen LogP contribution in [-0.2, 0) is 14.8 Å². The molecule has 0 amide bonds. The standard InChI is InChI=1S/C9H18N2O3S/c1-7-9(3-5-14-7)11-15(12,13)8-2-4-10-6-8/h7-11H,2-6H2,1H3. The van der Waals surface area contributed by atoms with E-state index in [9.17, 15) is 8.42 Å². The van der Waals surface area contributed by atoms with E-state index in [1.807, 2.05) is 6.92 Å². The Morgan fingerprint density at radius 1 is 1.40 bits per heavy atom. The highest BCUT2D eigenvalue weighted by atomic mass is 32.2. The van der Waals surface area contributed by atoms with Crippen molar-refractivity contribution < 1.29 is 13.2 Å². The lowest BCUT2D eigenvalue weighted by Gasteiger charge is -2.19. The molecule has 0 spiro atoms. The first kappa shape index (κ1) is 11.3. The van der Waals surface area contributed by atoms with E-state index < -0.39 is 10.0 Å². The number of hydrogen-bond donors (Lipinski definition) is 2. The van der Waals surface area contributed by atoms with Crippen LogP contribution in [0.2, 0.25) is 0 Å². The van der Waals surface area contributed by atoms with Crippen molar-refractivity contribution in [2.24, 2.45) is 0 Å². The second kappa shape index (κ2) is 4.37. The lowest BCUT2D eigenvalue weighted by atomic mass is 10.2. The normalized spacial score (nSPS) is 37.3. The Labute approximate surface area is 90.6 Å². The molecule has 5 nitrogen and oxygen atoms in total. The van der Waals surface area contributed by atoms with E-state index in [-0.39, 0.29) is 17.4 Å². The molecule has 2 aliphatic heterocycles. The minimum atomic E-state index is -3.17. The summed E-state index contributed by atoms with van der Waals surface area (Å²) in [7, 11) is -3.17. The Bertz CT molecular complexity index is 311. The van der Waals surface area contributed by atoms with E-state index in [1.165, 1.54) is 0 Å². The summed E-state index contributed by atoms with van der Waals surface area (Å²) in [6.07, 6.45) is 1.48. The van der Waals surface area contributed by atoms with Gasteiger partial charge in [-0.05, 0) is 26.3 Å². The quantitative estimate of drug-likeness (QED) is 0.687. The molecular weight excluding hydrogens is 216 g/mol. The summed E-state index contributed by atoms with van der Waals surface area (Å²) >= 11 is 0. The van der Waals surface area contributed by atoms with Crippen molar-refractivity contribution in [3.63, 3.8) is 0 Å². The molecule has 0 aromatic heterocycles. The number of ether oxygens (including phenoxy) is 1. The summed E-state index contributed by atoms with van der Waals surface area (Å²) in [6.45, 7) is 3.92. The van der Waals surface area contributed by atoms with Crippen LogP contribution in [0.5, 0.6) is 0 Å². The van der Waals surface area contributed by atoms with Gasteiger partial charge in [0.15, 0.2) is 0 Å². The Balaban J connectivity index is 1.97. The van der Waals surface area contributed by atoms with Crippen molar-refractivity contribution in [1.82, 2.24) is 10.0 Å². The molecule has 2 N–H and O–H groups in total. The van der Waals surface area contributed by atoms with Crippen molar-refractivity contribution in [2.75, 3.05) is 19.7 Å². The summed E-state index contributed by atoms with van der Waals surface area (Å²) in [5, 5.41) is 2.79. The summed E-state index contributed by atoms with van der Waals surface area (Å²) in [4.78, 5) is 0. The first-order valence-corrected chi connectivity index (χ1v) is 6.98. The molecule has 2 fully saturated rings. The average Bonchev–Trinajstić information content (AvgIpc) is 2.77. The molecule has 0 bridgehead atoms. The molecule has 0 aromatic rings. The van der Waals surface area contributed by atoms with Crippen LogP contribution in [0, 0.1) is 0 Å². The van der Waals surface area contributed by atoms with Gasteiger partial charge in [-0.2, -0.15) is 0 Å². The van der Waals surface area contributed by atoms with Crippen LogP contribution in [0.15, 0.2) is 0 Å². The van der Waals surface area contributed by atoms with Gasteiger partial charge in [0.25, 0.3) is 0 Å². The maximum Gasteiger partial charge on any atom is 0.216 e. The van der Waals surface area contributed by atoms with Gasteiger partial charge in [-0.25, -0.2) is 13.1 Å². The summed E-state index contributed by atoms with van der Waals surface area (Å²) in [5.74, 6) is 0. The van der Waals surface area contributed by atoms with Crippen LogP contribution in [0.1, 0.15) is 19.8 Å². The molecule has 0 radical (unpaired) electrons. The van der Waals surface area contributed by atoms with Crippen LogP contribution < -0.4 is 10.0 Å². The zero-order valence-corrected chi connectivity index (χ0v) is 9.72. The number of sulfonamides is 1. The monoisotopic (exact) mass is 234 g/mol. The van der Waals surface area contributed by atoms with Gasteiger partial charge in [-0.15, -0.1) is 0 Å². The summed E-state index contributed by atoms with van der Waals surface area (Å²) < 4.78 is 31.9. The van der Waals surface area contributed by atoms with Gasteiger partial charge in [0.05, 0.1) is 11.4 Å². The molecule has 0 aromatic carbocycles. The summed E-state index contributed by atoms with van der Waals surface area (Å²) in [5.41, 5.74) is 0. The molecule has 2 heterocycles. The second-order valence-electron chi connectivity index (χ2n) is 4.25. The van der Waals surface area contributed by atoms with E-state index >= 15 is 0 Å². The molecule has 15 heavy (non-hydrogen) atoms. The fourth-order valence-electron chi connectivity index (χ4n) is 2.09. The highest BCUT2D eigenvalue weighted by molar-refractivity contribution is 7.90. The van der Waals surface area contributed by atoms with Gasteiger partial charge < -0.3 is 10.1 Å². The van der Waals surface area contributed by atoms with Gasteiger partial charge in [0, 0.05) is 19.2 Å². The number of hydrogen-bond acceptors (Lipinski definition) is 4. The van der Waals surface area contributed by atoms with Crippen LogP contribution in [-0.4, -0.2) is 45.5 Å². The fourth-order valence-corrected chi connectivity index (χ4v) is 3.78. The number of rotatable bonds is 3. The first-order valence-electron chi connectivity index (χ1n) is 5.43. The van der Waals surface area contributed by atoms with Gasteiger partial charge >= 0.3 is 0 Å². The number of nitrogens with one attached hydrogen (secondary N) is 2. The van der Waals surface area contributed by atoms with Crippen LogP contribution in [0.3, 0.4) is 0 Å². The molecule has 2 rings (SSSR count). The molecule has 0 saturated carbocycles. The summed E-state index contributed by atoms with van der Waals surface area (Å²) in [6, 6.07) is -0.0457. The third-order valence-electron chi connectivity index (χ3n) is 3.15. The minimum Gasteiger partial charge on any atom is -0.377 e. The topological polar surface area (TPSA) is 67.4 Å². The highest BCUT2D eigenvalue weighted by Gasteiger charge is 2.34. The average molecular weight is 234 g/mol. The molecule has 3 unspecified atom stereocenters. The lowest BCUT2D eigenvalue weighted by molar-refractivity contribution is 0.116. The third kappa shape index (κ3) is 2.50. The zero-order chi connectivity index (χ0) is 10.9. The predicted molar refractivity (Wildman–Crippen MR) is 57.1 cm³/mol. The van der Waals surface area contributed by atoms with Crippen LogP contribution in [0.4, 0.5) is 0 Å². The molecule has 88 valence electrons. The van der Waals surface area contributed by atoms with Crippen LogP contribution in [0.25, 0.3) is 0 Å². The Morgan fingerprint density at radius 3 is 2.73 bits per heavy atom. The smallest absolute Gasteiger partial charge is 0.216 e. The largest absolute Gasteiger partial charge is 0.377 e. The molecule has 2 saturated heterocycles. The van der Waals surface area contributed by atoms with E-state index in [4.69, 9.17) is 4.74 Å². The first-order chi connectivity index (χ1) is 7.09. The zero-order valence-electron chi connectivity index (χ0n) is 8.90. The van der Waals surface area contributed by atoms with Crippen LogP contribution >= 0.6 is 0 Å². The van der Waals surface area contributed by atoms with E-state index in [1.54, 1.807) is 0 Å². The second-order valence-corrected chi connectivity index (χ2v) is 6.24. The van der Waals surface area contributed by atoms with E-state index in [0.29, 0.717) is 19.6 Å². The van der Waals surface area contributed by atoms with Crippen molar-refractivity contribution >= 4 is 10.0 Å². The Hall–Kier alpha value is -0.170. The third-order valence-corrected chi connectivity index (χ3v) is 5.06. The molecule has 0 aliphatic carbocycles. The van der Waals surface area contributed by atoms with Crippen molar-refractivity contribution in [3.8, 4) is 0 Å². The SMILES string of the molecule is CC1OCCC1NS(=O)(=O)C1CCNC1. The van der Waals surface area contributed by atoms with E-state index in [2.05, 4.69) is 10.0 Å². The Kier molecular flexibility index (Phi) is 3.30. The maximum absolute atomic E-state index is 11.9. The fraction of sp³-hybridized carbons (Fsp3) is 1.00. The van der Waals surface area contributed by atoms with Crippen molar-refractivity contribution in [2.45, 2.75) is 37.2 Å². The van der Waals surface area contributed by atoms with Gasteiger partial charge in [-0.1, -0.05) is 0 Å². The molecule has 6 heteroatoms. The molecular formula is C9H18N2O3S. The predicted octanol–water partition coefficient (Wildman–Crippen LogP) is -0.555. The lowest BCUT2D eigenvalue weighted by Crippen LogP contribution is -2.44. The maximum atomic E-state index is 11.9. The van der Waals surface area contributed by atoms with Gasteiger partial charge in [-0.3, -0.25) is 0 Å². The van der Waals surface area contributed by atoms with Crippen molar-refractivity contribution in [3.05, 3.63) is 0 Å². The molecule has 3 atom stereocenters. The minimum absolute atomic E-state index is 0.00543. The Morgan fingerprint density at radius 2 is 2.20 bits per heavy atom. The highest BCUT2D eigenvalue weighted by Crippen LogP contribution is 2.16. The van der Waals surface area contributed by atoms with Gasteiger partial charge in [0.1, 0.15) is 0 Å². The van der Waals surface area contributed by atoms with E-state index in [0.717, 1.165) is 13.0 Å². The molecule has 2 aliphatic rings. The van der Waals surface area contributed by atoms with Gasteiger partial charge in [0.2, 0.25) is 10.0 Å². The van der Waals surface area contributed by atoms with Crippen molar-refractivity contribution in [1.29, 1.82) is 0 Å².